The van der Waals surface area contributed by atoms with E-state index in [9.17, 15) is 4.79 Å². The molecule has 3 aromatic rings. The first kappa shape index (κ1) is 16.6. The summed E-state index contributed by atoms with van der Waals surface area (Å²) in [5, 5.41) is 12.8. The third-order valence-electron chi connectivity index (χ3n) is 3.16. The summed E-state index contributed by atoms with van der Waals surface area (Å²) in [6.07, 6.45) is 3.42. The van der Waals surface area contributed by atoms with E-state index in [1.54, 1.807) is 24.3 Å². The van der Waals surface area contributed by atoms with Gasteiger partial charge in [-0.2, -0.15) is 0 Å². The molecule has 24 heavy (non-hydrogen) atoms. The molecule has 0 aliphatic carbocycles. The van der Waals surface area contributed by atoms with Crippen LogP contribution in [-0.4, -0.2) is 43.9 Å². The number of thioether (sulfide) groups is 1. The van der Waals surface area contributed by atoms with Crippen LogP contribution in [0.15, 0.2) is 39.5 Å². The molecular weight excluding hydrogens is 346 g/mol. The lowest BCUT2D eigenvalue weighted by molar-refractivity contribution is -0.127. The number of nitrogens with zero attached hydrogens (tertiary/aromatic N) is 5. The minimum absolute atomic E-state index is 0.00724. The minimum atomic E-state index is -0.00724. The fourth-order valence-corrected chi connectivity index (χ4v) is 3.69. The quantitative estimate of drug-likeness (QED) is 0.624. The third kappa shape index (κ3) is 4.18. The van der Waals surface area contributed by atoms with Crippen LogP contribution in [0.1, 0.15) is 10.8 Å². The van der Waals surface area contributed by atoms with Crippen molar-refractivity contribution in [3.05, 3.63) is 41.4 Å². The number of aryl methyl sites for hydroxylation is 1. The second-order valence-electron chi connectivity index (χ2n) is 5.05. The largest absolute Gasteiger partial charge is 0.359 e. The number of carbonyl (C=O) groups is 1. The van der Waals surface area contributed by atoms with Crippen molar-refractivity contribution in [2.24, 2.45) is 0 Å². The summed E-state index contributed by atoms with van der Waals surface area (Å²) in [7, 11) is 1.74. The van der Waals surface area contributed by atoms with Crippen molar-refractivity contribution in [1.29, 1.82) is 0 Å². The summed E-state index contributed by atoms with van der Waals surface area (Å²) in [4.78, 5) is 17.9. The van der Waals surface area contributed by atoms with Crippen LogP contribution in [0.4, 0.5) is 0 Å². The highest BCUT2D eigenvalue weighted by Crippen LogP contribution is 2.22. The Morgan fingerprint density at radius 1 is 1.42 bits per heavy atom. The van der Waals surface area contributed by atoms with E-state index in [0.29, 0.717) is 23.8 Å². The van der Waals surface area contributed by atoms with Gasteiger partial charge in [-0.1, -0.05) is 28.3 Å². The molecule has 0 atom stereocenters. The molecule has 0 bridgehead atoms. The number of carbonyl (C=O) groups excluding carboxylic acids is 1. The van der Waals surface area contributed by atoms with E-state index in [-0.39, 0.29) is 5.91 Å². The van der Waals surface area contributed by atoms with Crippen molar-refractivity contribution in [1.82, 2.24) is 25.2 Å². The zero-order valence-electron chi connectivity index (χ0n) is 13.2. The van der Waals surface area contributed by atoms with Gasteiger partial charge in [-0.05, 0) is 19.1 Å². The Morgan fingerprint density at radius 2 is 2.29 bits per heavy atom. The molecule has 0 saturated carbocycles. The molecule has 0 saturated heterocycles. The first-order chi connectivity index (χ1) is 11.6. The molecule has 0 spiro atoms. The summed E-state index contributed by atoms with van der Waals surface area (Å²) >= 11 is 2.87. The van der Waals surface area contributed by atoms with E-state index in [2.05, 4.69) is 20.3 Å². The summed E-state index contributed by atoms with van der Waals surface area (Å²) in [6, 6.07) is 5.57. The number of amides is 1. The van der Waals surface area contributed by atoms with Crippen molar-refractivity contribution < 1.29 is 9.32 Å². The van der Waals surface area contributed by atoms with Gasteiger partial charge in [-0.3, -0.25) is 9.78 Å². The Labute approximate surface area is 147 Å². The van der Waals surface area contributed by atoms with E-state index < -0.39 is 0 Å². The number of aromatic nitrogens is 4. The van der Waals surface area contributed by atoms with Crippen LogP contribution in [-0.2, 0) is 11.3 Å². The van der Waals surface area contributed by atoms with Gasteiger partial charge in [-0.15, -0.1) is 10.2 Å². The molecule has 3 rings (SSSR count). The molecule has 0 aliphatic heterocycles. The molecule has 0 N–H and O–H groups in total. The fourth-order valence-electron chi connectivity index (χ4n) is 1.93. The molecule has 3 heterocycles. The van der Waals surface area contributed by atoms with E-state index in [1.165, 1.54) is 23.1 Å². The van der Waals surface area contributed by atoms with Gasteiger partial charge in [0.25, 0.3) is 0 Å². The number of hydrogen-bond acceptors (Lipinski definition) is 8. The zero-order chi connectivity index (χ0) is 16.9. The van der Waals surface area contributed by atoms with Crippen LogP contribution >= 0.6 is 23.1 Å². The number of hydrogen-bond donors (Lipinski definition) is 0. The lowest BCUT2D eigenvalue weighted by Crippen LogP contribution is -2.27. The molecule has 124 valence electrons. The van der Waals surface area contributed by atoms with Gasteiger partial charge in [0.2, 0.25) is 5.91 Å². The van der Waals surface area contributed by atoms with Crippen molar-refractivity contribution in [3.8, 4) is 11.3 Å². The summed E-state index contributed by atoms with van der Waals surface area (Å²) < 4.78 is 6.11. The Morgan fingerprint density at radius 3 is 3.00 bits per heavy atom. The highest BCUT2D eigenvalue weighted by molar-refractivity contribution is 8.01. The second-order valence-corrected chi connectivity index (χ2v) is 7.45. The highest BCUT2D eigenvalue weighted by atomic mass is 32.2. The van der Waals surface area contributed by atoms with Crippen LogP contribution < -0.4 is 0 Å². The van der Waals surface area contributed by atoms with Crippen molar-refractivity contribution in [2.45, 2.75) is 17.8 Å². The average Bonchev–Trinajstić information content (AvgIpc) is 3.22. The summed E-state index contributed by atoms with van der Waals surface area (Å²) in [5.74, 6) is 0.933. The normalized spacial score (nSPS) is 10.8. The van der Waals surface area contributed by atoms with Crippen LogP contribution in [0.25, 0.3) is 11.3 Å². The lowest BCUT2D eigenvalue weighted by atomic mass is 10.2. The SMILES string of the molecule is Cc1nnc(SCC(=O)N(C)Cc2cc(-c3cccnc3)no2)s1. The Balaban J connectivity index is 1.55. The van der Waals surface area contributed by atoms with Crippen LogP contribution in [0.3, 0.4) is 0 Å². The number of pyridine rings is 1. The summed E-state index contributed by atoms with van der Waals surface area (Å²) in [5.41, 5.74) is 1.58. The minimum Gasteiger partial charge on any atom is -0.359 e. The van der Waals surface area contributed by atoms with Crippen LogP contribution in [0, 0.1) is 6.92 Å². The van der Waals surface area contributed by atoms with Gasteiger partial charge in [0.15, 0.2) is 10.1 Å². The van der Waals surface area contributed by atoms with Crippen molar-refractivity contribution in [2.75, 3.05) is 12.8 Å². The van der Waals surface area contributed by atoms with Gasteiger partial charge in [0, 0.05) is 31.1 Å². The molecule has 3 aromatic heterocycles. The smallest absolute Gasteiger partial charge is 0.233 e. The van der Waals surface area contributed by atoms with Crippen molar-refractivity contribution >= 4 is 29.0 Å². The molecule has 1 amide bonds. The van der Waals surface area contributed by atoms with Gasteiger partial charge >= 0.3 is 0 Å². The first-order valence-electron chi connectivity index (χ1n) is 7.14. The molecule has 0 aromatic carbocycles. The average molecular weight is 361 g/mol. The molecule has 0 fully saturated rings. The predicted octanol–water partition coefficient (Wildman–Crippen LogP) is 2.65. The maximum Gasteiger partial charge on any atom is 0.233 e. The third-order valence-corrected chi connectivity index (χ3v) is 5.12. The van der Waals surface area contributed by atoms with Crippen molar-refractivity contribution in [3.63, 3.8) is 0 Å². The predicted molar refractivity (Wildman–Crippen MR) is 91.6 cm³/mol. The second kappa shape index (κ2) is 7.54. The summed E-state index contributed by atoms with van der Waals surface area (Å²) in [6.45, 7) is 2.25. The van der Waals surface area contributed by atoms with Crippen LogP contribution in [0.2, 0.25) is 0 Å². The lowest BCUT2D eigenvalue weighted by Gasteiger charge is -2.14. The van der Waals surface area contributed by atoms with Gasteiger partial charge in [0.05, 0.1) is 12.3 Å². The highest BCUT2D eigenvalue weighted by Gasteiger charge is 2.14. The Bertz CT molecular complexity index is 818. The monoisotopic (exact) mass is 361 g/mol. The Kier molecular flexibility index (Phi) is 5.21. The molecule has 9 heteroatoms. The standard InChI is InChI=1S/C15H15N5O2S2/c1-10-17-18-15(24-10)23-9-14(21)20(2)8-12-6-13(19-22-12)11-4-3-5-16-7-11/h3-7H,8-9H2,1-2H3. The van der Waals surface area contributed by atoms with E-state index in [0.717, 1.165) is 14.9 Å². The Hall–Kier alpha value is -2.26. The molecule has 0 unspecified atom stereocenters. The topological polar surface area (TPSA) is 85.0 Å². The molecule has 0 radical (unpaired) electrons. The maximum absolute atomic E-state index is 12.2. The molecular formula is C15H15N5O2S2. The fraction of sp³-hybridized carbons (Fsp3) is 0.267. The van der Waals surface area contributed by atoms with Crippen LogP contribution in [0.5, 0.6) is 0 Å². The van der Waals surface area contributed by atoms with E-state index in [4.69, 9.17) is 4.52 Å². The zero-order valence-corrected chi connectivity index (χ0v) is 14.8. The molecule has 0 aliphatic rings. The van der Waals surface area contributed by atoms with E-state index >= 15 is 0 Å². The first-order valence-corrected chi connectivity index (χ1v) is 8.95. The molecule has 7 nitrogen and oxygen atoms in total. The van der Waals surface area contributed by atoms with Gasteiger partial charge in [-0.25, -0.2) is 0 Å². The van der Waals surface area contributed by atoms with Gasteiger partial charge in [0.1, 0.15) is 10.7 Å². The number of rotatable bonds is 6. The van der Waals surface area contributed by atoms with Gasteiger partial charge < -0.3 is 9.42 Å². The maximum atomic E-state index is 12.2. The van der Waals surface area contributed by atoms with E-state index in [1.807, 2.05) is 25.1 Å².